The van der Waals surface area contributed by atoms with Crippen LogP contribution in [0.3, 0.4) is 0 Å². The first-order chi connectivity index (χ1) is 13.2. The Morgan fingerprint density at radius 2 is 1.89 bits per heavy atom. The average Bonchev–Trinajstić information content (AvgIpc) is 3.16. The molecule has 2 aliphatic rings. The summed E-state index contributed by atoms with van der Waals surface area (Å²) >= 11 is 0. The van der Waals surface area contributed by atoms with E-state index in [2.05, 4.69) is 16.3 Å². The van der Waals surface area contributed by atoms with Gasteiger partial charge in [-0.2, -0.15) is 0 Å². The number of furan rings is 1. The fraction of sp³-hybridized carbons (Fsp3) is 0.591. The van der Waals surface area contributed by atoms with Crippen molar-refractivity contribution >= 4 is 16.9 Å². The van der Waals surface area contributed by atoms with Gasteiger partial charge in [-0.25, -0.2) is 0 Å². The number of hydrogen-bond donors (Lipinski definition) is 1. The van der Waals surface area contributed by atoms with Crippen molar-refractivity contribution < 1.29 is 13.9 Å². The van der Waals surface area contributed by atoms with Crippen LogP contribution in [-0.4, -0.2) is 37.0 Å². The summed E-state index contributed by atoms with van der Waals surface area (Å²) < 4.78 is 11.4. The quantitative estimate of drug-likeness (QED) is 0.842. The highest BCUT2D eigenvalue weighted by Gasteiger charge is 2.22. The van der Waals surface area contributed by atoms with Crippen LogP contribution in [0.5, 0.6) is 5.75 Å². The Balaban J connectivity index is 1.58. The van der Waals surface area contributed by atoms with Crippen LogP contribution in [0.15, 0.2) is 22.6 Å². The van der Waals surface area contributed by atoms with Gasteiger partial charge in [-0.15, -0.1) is 0 Å². The number of carbonyl (C=O) groups excluding carboxylic acids is 1. The summed E-state index contributed by atoms with van der Waals surface area (Å²) in [6.45, 7) is 3.17. The molecule has 0 radical (unpaired) electrons. The van der Waals surface area contributed by atoms with Crippen molar-refractivity contribution in [1.82, 2.24) is 10.2 Å². The summed E-state index contributed by atoms with van der Waals surface area (Å²) in [5, 5.41) is 4.14. The van der Waals surface area contributed by atoms with Crippen molar-refractivity contribution in [2.75, 3.05) is 20.2 Å². The lowest BCUT2D eigenvalue weighted by molar-refractivity contribution is 0.0901. The number of carbonyl (C=O) groups is 1. The topological polar surface area (TPSA) is 54.7 Å². The van der Waals surface area contributed by atoms with E-state index < -0.39 is 0 Å². The highest BCUT2D eigenvalue weighted by atomic mass is 16.5. The summed E-state index contributed by atoms with van der Waals surface area (Å²) in [4.78, 5) is 15.2. The molecule has 1 aliphatic heterocycles. The van der Waals surface area contributed by atoms with Gasteiger partial charge in [0.15, 0.2) is 17.1 Å². The molecule has 0 bridgehead atoms. The number of likely N-dealkylation sites (tertiary alicyclic amines) is 1. The maximum atomic E-state index is 12.7. The molecule has 1 aliphatic carbocycles. The highest BCUT2D eigenvalue weighted by Crippen LogP contribution is 2.33. The van der Waals surface area contributed by atoms with Crippen molar-refractivity contribution in [2.45, 2.75) is 64.0 Å². The Morgan fingerprint density at radius 3 is 2.63 bits per heavy atom. The molecule has 1 aromatic carbocycles. The SMILES string of the molecule is COc1ccc(CN2CCCCC2)c2cc(C(=O)NC3CCCCC3)oc12. The van der Waals surface area contributed by atoms with Crippen LogP contribution in [-0.2, 0) is 6.54 Å². The Hall–Kier alpha value is -2.01. The fourth-order valence-corrected chi connectivity index (χ4v) is 4.43. The van der Waals surface area contributed by atoms with Crippen molar-refractivity contribution in [3.05, 3.63) is 29.5 Å². The number of rotatable bonds is 5. The predicted molar refractivity (Wildman–Crippen MR) is 106 cm³/mol. The number of amides is 1. The number of hydrogen-bond acceptors (Lipinski definition) is 4. The third-order valence-electron chi connectivity index (χ3n) is 5.96. The molecule has 5 heteroatoms. The smallest absolute Gasteiger partial charge is 0.287 e. The number of methoxy groups -OCH3 is 1. The lowest BCUT2D eigenvalue weighted by Gasteiger charge is -2.26. The fourth-order valence-electron chi connectivity index (χ4n) is 4.43. The molecule has 1 amide bonds. The predicted octanol–water partition coefficient (Wildman–Crippen LogP) is 4.49. The molecule has 1 aromatic heterocycles. The van der Waals surface area contributed by atoms with Crippen LogP contribution in [0, 0.1) is 0 Å². The summed E-state index contributed by atoms with van der Waals surface area (Å²) in [5.41, 5.74) is 1.88. The number of nitrogens with zero attached hydrogens (tertiary/aromatic N) is 1. The highest BCUT2D eigenvalue weighted by molar-refractivity contribution is 5.98. The number of piperidine rings is 1. The zero-order valence-corrected chi connectivity index (χ0v) is 16.3. The number of ether oxygens (including phenoxy) is 1. The Morgan fingerprint density at radius 1 is 1.15 bits per heavy atom. The number of benzene rings is 1. The second kappa shape index (κ2) is 8.34. The monoisotopic (exact) mass is 370 g/mol. The second-order valence-corrected chi connectivity index (χ2v) is 7.93. The molecular weight excluding hydrogens is 340 g/mol. The first kappa shape index (κ1) is 18.4. The number of fused-ring (bicyclic) bond motifs is 1. The van der Waals surface area contributed by atoms with E-state index in [0.29, 0.717) is 17.1 Å². The van der Waals surface area contributed by atoms with Crippen molar-refractivity contribution in [3.8, 4) is 5.75 Å². The minimum atomic E-state index is -0.107. The molecule has 2 fully saturated rings. The molecule has 2 heterocycles. The zero-order valence-electron chi connectivity index (χ0n) is 16.3. The van der Waals surface area contributed by atoms with Crippen LogP contribution >= 0.6 is 0 Å². The molecule has 1 saturated heterocycles. The Labute approximate surface area is 161 Å². The molecule has 1 N–H and O–H groups in total. The molecule has 27 heavy (non-hydrogen) atoms. The van der Waals surface area contributed by atoms with Gasteiger partial charge < -0.3 is 14.5 Å². The maximum absolute atomic E-state index is 12.7. The molecule has 0 atom stereocenters. The van der Waals surface area contributed by atoms with E-state index in [-0.39, 0.29) is 11.9 Å². The zero-order chi connectivity index (χ0) is 18.6. The lowest BCUT2D eigenvalue weighted by Crippen LogP contribution is -2.35. The van der Waals surface area contributed by atoms with Gasteiger partial charge in [-0.05, 0) is 56.5 Å². The first-order valence-electron chi connectivity index (χ1n) is 10.4. The summed E-state index contributed by atoms with van der Waals surface area (Å²) in [6.07, 6.45) is 9.64. The van der Waals surface area contributed by atoms with Gasteiger partial charge in [0, 0.05) is 18.0 Å². The van der Waals surface area contributed by atoms with Crippen LogP contribution < -0.4 is 10.1 Å². The molecule has 0 unspecified atom stereocenters. The van der Waals surface area contributed by atoms with Gasteiger partial charge in [-0.3, -0.25) is 9.69 Å². The molecule has 0 spiro atoms. The van der Waals surface area contributed by atoms with E-state index in [1.54, 1.807) is 7.11 Å². The second-order valence-electron chi connectivity index (χ2n) is 7.93. The third-order valence-corrected chi connectivity index (χ3v) is 5.96. The normalized spacial score (nSPS) is 19.3. The van der Waals surface area contributed by atoms with Crippen LogP contribution in [0.2, 0.25) is 0 Å². The minimum absolute atomic E-state index is 0.107. The lowest BCUT2D eigenvalue weighted by atomic mass is 9.95. The molecule has 5 nitrogen and oxygen atoms in total. The van der Waals surface area contributed by atoms with Crippen molar-refractivity contribution in [1.29, 1.82) is 0 Å². The van der Waals surface area contributed by atoms with E-state index in [0.717, 1.165) is 37.9 Å². The molecule has 146 valence electrons. The largest absolute Gasteiger partial charge is 0.493 e. The van der Waals surface area contributed by atoms with Gasteiger partial charge in [0.1, 0.15) is 0 Å². The minimum Gasteiger partial charge on any atom is -0.493 e. The van der Waals surface area contributed by atoms with Gasteiger partial charge in [0.25, 0.3) is 5.91 Å². The van der Waals surface area contributed by atoms with E-state index in [1.807, 2.05) is 12.1 Å². The Bertz CT molecular complexity index is 786. The van der Waals surface area contributed by atoms with E-state index in [1.165, 1.54) is 44.1 Å². The number of nitrogens with one attached hydrogen (secondary N) is 1. The summed E-state index contributed by atoms with van der Waals surface area (Å²) in [5.74, 6) is 0.966. The van der Waals surface area contributed by atoms with E-state index >= 15 is 0 Å². The van der Waals surface area contributed by atoms with Gasteiger partial charge >= 0.3 is 0 Å². The Kier molecular flexibility index (Phi) is 5.67. The van der Waals surface area contributed by atoms with Crippen molar-refractivity contribution in [2.24, 2.45) is 0 Å². The van der Waals surface area contributed by atoms with E-state index in [4.69, 9.17) is 9.15 Å². The average molecular weight is 370 g/mol. The van der Waals surface area contributed by atoms with Gasteiger partial charge in [0.05, 0.1) is 7.11 Å². The van der Waals surface area contributed by atoms with Gasteiger partial charge in [0.2, 0.25) is 0 Å². The summed E-state index contributed by atoms with van der Waals surface area (Å²) in [6, 6.07) is 6.23. The van der Waals surface area contributed by atoms with E-state index in [9.17, 15) is 4.79 Å². The standard InChI is InChI=1S/C22H30N2O3/c1-26-19-11-10-16(15-24-12-6-3-7-13-24)18-14-20(27-21(18)19)22(25)23-17-8-4-2-5-9-17/h10-11,14,17H,2-9,12-13,15H2,1H3,(H,23,25). The first-order valence-corrected chi connectivity index (χ1v) is 10.4. The molecular formula is C22H30N2O3. The van der Waals surface area contributed by atoms with Crippen LogP contribution in [0.4, 0.5) is 0 Å². The summed E-state index contributed by atoms with van der Waals surface area (Å²) in [7, 11) is 1.64. The van der Waals surface area contributed by atoms with Crippen molar-refractivity contribution in [3.63, 3.8) is 0 Å². The molecule has 2 aromatic rings. The van der Waals surface area contributed by atoms with Crippen LogP contribution in [0.25, 0.3) is 11.0 Å². The maximum Gasteiger partial charge on any atom is 0.287 e. The van der Waals surface area contributed by atoms with Gasteiger partial charge in [-0.1, -0.05) is 31.7 Å². The van der Waals surface area contributed by atoms with Crippen LogP contribution in [0.1, 0.15) is 67.5 Å². The molecule has 1 saturated carbocycles. The molecule has 4 rings (SSSR count). The third kappa shape index (κ3) is 4.13.